The molecule has 0 spiro atoms. The highest BCUT2D eigenvalue weighted by Crippen LogP contribution is 2.31. The molecule has 2 atom stereocenters. The maximum Gasteiger partial charge on any atom is 0.263 e. The van der Waals surface area contributed by atoms with Crippen molar-refractivity contribution in [3.8, 4) is 10.4 Å². The molecule has 2 saturated heterocycles. The first-order valence-corrected chi connectivity index (χ1v) is 9.76. The highest BCUT2D eigenvalue weighted by Gasteiger charge is 2.31. The number of carbonyl (C=O) groups excluding carboxylic acids is 1. The van der Waals surface area contributed by atoms with Crippen LogP contribution in [0.2, 0.25) is 5.02 Å². The minimum Gasteiger partial charge on any atom is -0.338 e. The van der Waals surface area contributed by atoms with Gasteiger partial charge in [0.15, 0.2) is 0 Å². The van der Waals surface area contributed by atoms with Gasteiger partial charge in [-0.2, -0.15) is 0 Å². The lowest BCUT2D eigenvalue weighted by Gasteiger charge is -2.20. The molecular weight excluding hydrogens is 375 g/mol. The van der Waals surface area contributed by atoms with E-state index >= 15 is 0 Å². The van der Waals surface area contributed by atoms with Gasteiger partial charge in [-0.3, -0.25) is 4.79 Å². The summed E-state index contributed by atoms with van der Waals surface area (Å²) >= 11 is 7.53. The Hall–Kier alpha value is -1.07. The molecule has 2 aliphatic heterocycles. The third kappa shape index (κ3) is 4.03. The van der Waals surface area contributed by atoms with Gasteiger partial charge in [0.1, 0.15) is 0 Å². The lowest BCUT2D eigenvalue weighted by molar-refractivity contribution is 0.0763. The topological polar surface area (TPSA) is 32.3 Å². The van der Waals surface area contributed by atoms with Gasteiger partial charge in [-0.15, -0.1) is 23.7 Å². The second-order valence-electron chi connectivity index (χ2n) is 6.72. The number of fused-ring (bicyclic) bond motifs is 1. The minimum absolute atomic E-state index is 0. The van der Waals surface area contributed by atoms with E-state index < -0.39 is 0 Å². The van der Waals surface area contributed by atoms with E-state index in [9.17, 15) is 4.79 Å². The first-order valence-electron chi connectivity index (χ1n) is 8.56. The normalized spacial score (nSPS) is 22.8. The Morgan fingerprint density at radius 3 is 2.32 bits per heavy atom. The van der Waals surface area contributed by atoms with Crippen molar-refractivity contribution in [3.63, 3.8) is 0 Å². The molecule has 1 aromatic heterocycles. The van der Waals surface area contributed by atoms with Crippen molar-refractivity contribution in [2.75, 3.05) is 26.2 Å². The van der Waals surface area contributed by atoms with Crippen LogP contribution in [0.4, 0.5) is 0 Å². The molecule has 0 unspecified atom stereocenters. The lowest BCUT2D eigenvalue weighted by atomic mass is 9.92. The van der Waals surface area contributed by atoms with Crippen LogP contribution in [0.15, 0.2) is 36.4 Å². The standard InChI is InChI=1S/C19H21ClN2OS.ClH/c20-16-3-1-13(2-4-16)17-5-6-18(24-17)19(23)22-9-7-14-11-21-12-15(14)8-10-22;/h1-6,14-15,21H,7-12H2;1H/t14-,15+;. The van der Waals surface area contributed by atoms with E-state index in [1.54, 1.807) is 11.3 Å². The third-order valence-corrected chi connectivity index (χ3v) is 6.63. The van der Waals surface area contributed by atoms with Crippen molar-refractivity contribution in [2.45, 2.75) is 12.8 Å². The number of hydrogen-bond donors (Lipinski definition) is 1. The molecule has 0 radical (unpaired) electrons. The number of benzene rings is 1. The summed E-state index contributed by atoms with van der Waals surface area (Å²) in [6.45, 7) is 4.00. The average molecular weight is 397 g/mol. The SMILES string of the molecule is Cl.O=C(c1ccc(-c2ccc(Cl)cc2)s1)N1CC[C@@H]2CNC[C@@H]2CC1. The van der Waals surface area contributed by atoms with Crippen molar-refractivity contribution in [2.24, 2.45) is 11.8 Å². The van der Waals surface area contributed by atoms with Crippen molar-refractivity contribution < 1.29 is 4.79 Å². The highest BCUT2D eigenvalue weighted by molar-refractivity contribution is 7.17. The van der Waals surface area contributed by atoms with E-state index in [1.807, 2.05) is 36.4 Å². The van der Waals surface area contributed by atoms with Gasteiger partial charge < -0.3 is 10.2 Å². The number of thiophene rings is 1. The number of rotatable bonds is 2. The third-order valence-electron chi connectivity index (χ3n) is 5.25. The summed E-state index contributed by atoms with van der Waals surface area (Å²) in [5.74, 6) is 1.68. The van der Waals surface area contributed by atoms with Crippen molar-refractivity contribution in [1.82, 2.24) is 10.2 Å². The van der Waals surface area contributed by atoms with Crippen LogP contribution in [0.1, 0.15) is 22.5 Å². The number of nitrogens with zero attached hydrogens (tertiary/aromatic N) is 1. The van der Waals surface area contributed by atoms with Crippen LogP contribution in [0.25, 0.3) is 10.4 Å². The zero-order valence-corrected chi connectivity index (χ0v) is 16.3. The number of nitrogens with one attached hydrogen (secondary N) is 1. The Kier molecular flexibility index (Phi) is 6.05. The van der Waals surface area contributed by atoms with Crippen LogP contribution in [0, 0.1) is 11.8 Å². The van der Waals surface area contributed by atoms with Gasteiger partial charge in [0, 0.05) is 23.0 Å². The Bertz CT molecular complexity index is 717. The molecule has 0 bridgehead atoms. The smallest absolute Gasteiger partial charge is 0.263 e. The van der Waals surface area contributed by atoms with E-state index in [2.05, 4.69) is 10.2 Å². The summed E-state index contributed by atoms with van der Waals surface area (Å²) in [5.41, 5.74) is 1.11. The van der Waals surface area contributed by atoms with Crippen LogP contribution in [0.3, 0.4) is 0 Å². The zero-order valence-electron chi connectivity index (χ0n) is 13.9. The first kappa shape index (κ1) is 18.7. The first-order chi connectivity index (χ1) is 11.7. The van der Waals surface area contributed by atoms with Crippen LogP contribution >= 0.6 is 35.3 Å². The molecule has 2 aromatic rings. The number of likely N-dealkylation sites (tertiary alicyclic amines) is 1. The van der Waals surface area contributed by atoms with Gasteiger partial charge in [-0.25, -0.2) is 0 Å². The lowest BCUT2D eigenvalue weighted by Crippen LogP contribution is -2.32. The molecule has 2 fully saturated rings. The molecule has 25 heavy (non-hydrogen) atoms. The number of hydrogen-bond acceptors (Lipinski definition) is 3. The van der Waals surface area contributed by atoms with Gasteiger partial charge >= 0.3 is 0 Å². The van der Waals surface area contributed by atoms with Crippen molar-refractivity contribution in [3.05, 3.63) is 46.3 Å². The molecule has 0 saturated carbocycles. The molecule has 3 nitrogen and oxygen atoms in total. The predicted octanol–water partition coefficient (Wildman–Crippen LogP) is 4.56. The fourth-order valence-electron chi connectivity index (χ4n) is 3.80. The summed E-state index contributed by atoms with van der Waals surface area (Å²) in [5, 5.41) is 4.22. The molecule has 0 aliphatic carbocycles. The largest absolute Gasteiger partial charge is 0.338 e. The molecule has 1 aromatic carbocycles. The van der Waals surface area contributed by atoms with E-state index in [1.165, 1.54) is 0 Å². The van der Waals surface area contributed by atoms with Crippen molar-refractivity contribution >= 4 is 41.3 Å². The second kappa shape index (κ2) is 8.09. The fraction of sp³-hybridized carbons (Fsp3) is 0.421. The van der Waals surface area contributed by atoms with Crippen molar-refractivity contribution in [1.29, 1.82) is 0 Å². The number of carbonyl (C=O) groups is 1. The summed E-state index contributed by atoms with van der Waals surface area (Å²) in [7, 11) is 0. The van der Waals surface area contributed by atoms with Gasteiger partial charge in [0.2, 0.25) is 0 Å². The second-order valence-corrected chi connectivity index (χ2v) is 8.24. The molecule has 2 aliphatic rings. The Balaban J connectivity index is 0.00000182. The van der Waals surface area contributed by atoms with E-state index in [-0.39, 0.29) is 18.3 Å². The molecule has 1 N–H and O–H groups in total. The summed E-state index contributed by atoms with van der Waals surface area (Å²) in [6.07, 6.45) is 2.25. The molecule has 6 heteroatoms. The Morgan fingerprint density at radius 1 is 1.04 bits per heavy atom. The van der Waals surface area contributed by atoms with Gasteiger partial charge in [0.05, 0.1) is 4.88 Å². The van der Waals surface area contributed by atoms with E-state index in [4.69, 9.17) is 11.6 Å². The van der Waals surface area contributed by atoms with Crippen LogP contribution in [-0.2, 0) is 0 Å². The molecule has 3 heterocycles. The summed E-state index contributed by atoms with van der Waals surface area (Å²) in [6, 6.07) is 11.8. The molecule has 1 amide bonds. The average Bonchev–Trinajstić information content (AvgIpc) is 3.21. The Labute approximate surface area is 163 Å². The van der Waals surface area contributed by atoms with E-state index in [0.29, 0.717) is 0 Å². The molecular formula is C19H22Cl2N2OS. The predicted molar refractivity (Wildman–Crippen MR) is 107 cm³/mol. The highest BCUT2D eigenvalue weighted by atomic mass is 35.5. The fourth-order valence-corrected chi connectivity index (χ4v) is 4.90. The quantitative estimate of drug-likeness (QED) is 0.806. The van der Waals surface area contributed by atoms with Crippen LogP contribution < -0.4 is 5.32 Å². The maximum absolute atomic E-state index is 12.9. The van der Waals surface area contributed by atoms with Crippen LogP contribution in [0.5, 0.6) is 0 Å². The molecule has 4 rings (SSSR count). The van der Waals surface area contributed by atoms with Gasteiger partial charge in [-0.1, -0.05) is 23.7 Å². The number of amides is 1. The minimum atomic E-state index is 0. The maximum atomic E-state index is 12.9. The molecule has 134 valence electrons. The van der Waals surface area contributed by atoms with E-state index in [0.717, 1.165) is 71.2 Å². The zero-order chi connectivity index (χ0) is 16.5. The monoisotopic (exact) mass is 396 g/mol. The summed E-state index contributed by atoms with van der Waals surface area (Å²) in [4.78, 5) is 16.9. The summed E-state index contributed by atoms with van der Waals surface area (Å²) < 4.78 is 0. The number of halogens is 2. The Morgan fingerprint density at radius 2 is 1.68 bits per heavy atom. The van der Waals surface area contributed by atoms with Crippen LogP contribution in [-0.4, -0.2) is 37.0 Å². The van der Waals surface area contributed by atoms with Gasteiger partial charge in [0.25, 0.3) is 5.91 Å². The van der Waals surface area contributed by atoms with Gasteiger partial charge in [-0.05, 0) is 67.6 Å².